The topological polar surface area (TPSA) is 48.0 Å². The van der Waals surface area contributed by atoms with Crippen LogP contribution in [-0.4, -0.2) is 10.5 Å². The van der Waals surface area contributed by atoms with E-state index in [-0.39, 0.29) is 0 Å². The van der Waals surface area contributed by atoms with Gasteiger partial charge in [-0.15, -0.1) is 0 Å². The average Bonchev–Trinajstić information content (AvgIpc) is 2.87. The molecule has 3 rings (SSSR count). The van der Waals surface area contributed by atoms with Crippen molar-refractivity contribution in [3.05, 3.63) is 70.4 Å². The molecule has 1 amide bonds. The van der Waals surface area contributed by atoms with Crippen LogP contribution < -0.4 is 5.73 Å². The number of carbonyl (C=O) groups excluding carboxylic acids is 1. The van der Waals surface area contributed by atoms with Crippen molar-refractivity contribution in [1.29, 1.82) is 0 Å². The van der Waals surface area contributed by atoms with Crippen LogP contribution in [0.1, 0.15) is 35.0 Å². The molecule has 0 saturated carbocycles. The van der Waals surface area contributed by atoms with Gasteiger partial charge in [-0.2, -0.15) is 0 Å². The molecule has 0 unspecified atom stereocenters. The van der Waals surface area contributed by atoms with Crippen molar-refractivity contribution >= 4 is 28.4 Å². The average molecular weight is 327 g/mol. The van der Waals surface area contributed by atoms with Crippen molar-refractivity contribution < 1.29 is 4.79 Å². The molecule has 3 aromatic rings. The van der Waals surface area contributed by atoms with Gasteiger partial charge in [-0.05, 0) is 41.6 Å². The molecule has 3 nitrogen and oxygen atoms in total. The first-order valence-electron chi connectivity index (χ1n) is 7.75. The first kappa shape index (κ1) is 15.6. The highest BCUT2D eigenvalue weighted by Gasteiger charge is 2.12. The van der Waals surface area contributed by atoms with E-state index in [0.717, 1.165) is 34.3 Å². The lowest BCUT2D eigenvalue weighted by Gasteiger charge is -2.12. The summed E-state index contributed by atoms with van der Waals surface area (Å²) in [6.07, 6.45) is 2.03. The highest BCUT2D eigenvalue weighted by molar-refractivity contribution is 6.31. The van der Waals surface area contributed by atoms with Crippen molar-refractivity contribution in [3.8, 4) is 0 Å². The summed E-state index contributed by atoms with van der Waals surface area (Å²) in [6.45, 7) is 2.84. The van der Waals surface area contributed by atoms with Gasteiger partial charge in [-0.3, -0.25) is 4.79 Å². The summed E-state index contributed by atoms with van der Waals surface area (Å²) in [5, 5.41) is 1.87. The minimum atomic E-state index is -0.408. The smallest absolute Gasteiger partial charge is 0.248 e. The molecular weight excluding hydrogens is 308 g/mol. The Hall–Kier alpha value is -2.26. The molecule has 118 valence electrons. The lowest BCUT2D eigenvalue weighted by atomic mass is 10.1. The summed E-state index contributed by atoms with van der Waals surface area (Å²) >= 11 is 6.32. The maximum absolute atomic E-state index is 11.5. The predicted molar refractivity (Wildman–Crippen MR) is 95.0 cm³/mol. The zero-order chi connectivity index (χ0) is 16.4. The molecule has 2 aromatic carbocycles. The number of hydrogen-bond donors (Lipinski definition) is 1. The molecule has 0 aliphatic carbocycles. The predicted octanol–water partition coefficient (Wildman–Crippen LogP) is 4.39. The molecule has 1 aromatic heterocycles. The van der Waals surface area contributed by atoms with E-state index < -0.39 is 5.91 Å². The van der Waals surface area contributed by atoms with Crippen molar-refractivity contribution in [2.45, 2.75) is 26.3 Å². The Morgan fingerprint density at radius 2 is 1.96 bits per heavy atom. The van der Waals surface area contributed by atoms with Crippen LogP contribution in [0.2, 0.25) is 5.02 Å². The third-order valence-corrected chi connectivity index (χ3v) is 4.44. The van der Waals surface area contributed by atoms with E-state index >= 15 is 0 Å². The Balaban J connectivity index is 2.15. The van der Waals surface area contributed by atoms with Crippen molar-refractivity contribution in [2.24, 2.45) is 5.73 Å². The van der Waals surface area contributed by atoms with Crippen LogP contribution in [0.3, 0.4) is 0 Å². The first-order valence-corrected chi connectivity index (χ1v) is 8.13. The fourth-order valence-electron chi connectivity index (χ4n) is 2.91. The van der Waals surface area contributed by atoms with E-state index in [2.05, 4.69) is 17.6 Å². The van der Waals surface area contributed by atoms with Gasteiger partial charge in [0.25, 0.3) is 0 Å². The Bertz CT molecular complexity index is 867. The molecule has 1 heterocycles. The quantitative estimate of drug-likeness (QED) is 0.742. The van der Waals surface area contributed by atoms with Gasteiger partial charge in [0.05, 0.1) is 0 Å². The van der Waals surface area contributed by atoms with Crippen LogP contribution in [0.15, 0.2) is 48.5 Å². The molecular formula is C19H19ClN2O. The Kier molecular flexibility index (Phi) is 4.39. The molecule has 4 heteroatoms. The van der Waals surface area contributed by atoms with E-state index in [0.29, 0.717) is 12.1 Å². The Morgan fingerprint density at radius 3 is 2.65 bits per heavy atom. The molecule has 2 N–H and O–H groups in total. The number of halogens is 1. The number of aromatic nitrogens is 1. The molecule has 0 radical (unpaired) electrons. The number of nitrogens with two attached hydrogens (primary N) is 1. The number of carbonyl (C=O) groups is 1. The maximum Gasteiger partial charge on any atom is 0.248 e. The lowest BCUT2D eigenvalue weighted by Crippen LogP contribution is -2.11. The third kappa shape index (κ3) is 3.10. The van der Waals surface area contributed by atoms with Crippen molar-refractivity contribution in [2.75, 3.05) is 0 Å². The van der Waals surface area contributed by atoms with Crippen LogP contribution in [0, 0.1) is 0 Å². The fourth-order valence-corrected chi connectivity index (χ4v) is 3.11. The van der Waals surface area contributed by atoms with E-state index in [1.54, 1.807) is 6.07 Å². The van der Waals surface area contributed by atoms with E-state index in [4.69, 9.17) is 17.3 Å². The minimum Gasteiger partial charge on any atom is -0.366 e. The Labute approximate surface area is 140 Å². The van der Waals surface area contributed by atoms with Gasteiger partial charge in [0.15, 0.2) is 0 Å². The fraction of sp³-hybridized carbons (Fsp3) is 0.211. The number of fused-ring (bicyclic) bond motifs is 1. The van der Waals surface area contributed by atoms with Crippen LogP contribution in [0.4, 0.5) is 0 Å². The van der Waals surface area contributed by atoms with E-state index in [1.165, 1.54) is 5.69 Å². The molecule has 0 atom stereocenters. The van der Waals surface area contributed by atoms with Gasteiger partial charge in [0, 0.05) is 28.3 Å². The molecule has 0 fully saturated rings. The molecule has 0 bridgehead atoms. The third-order valence-electron chi connectivity index (χ3n) is 4.07. The number of hydrogen-bond acceptors (Lipinski definition) is 1. The summed E-state index contributed by atoms with van der Waals surface area (Å²) in [7, 11) is 0. The summed E-state index contributed by atoms with van der Waals surface area (Å²) in [5.41, 5.74) is 9.28. The second-order valence-corrected chi connectivity index (χ2v) is 6.11. The molecule has 0 aliphatic rings. The molecule has 0 saturated heterocycles. The van der Waals surface area contributed by atoms with Crippen LogP contribution in [0.5, 0.6) is 0 Å². The number of benzene rings is 2. The monoisotopic (exact) mass is 326 g/mol. The van der Waals surface area contributed by atoms with Crippen LogP contribution >= 0.6 is 11.6 Å². The zero-order valence-corrected chi connectivity index (χ0v) is 13.8. The zero-order valence-electron chi connectivity index (χ0n) is 13.1. The SMILES string of the molecule is CCCc1cc2ccc(C(N)=O)cc2n1Cc1ccccc1Cl. The number of amides is 1. The molecule has 0 spiro atoms. The molecule has 0 aliphatic heterocycles. The van der Waals surface area contributed by atoms with Gasteiger partial charge < -0.3 is 10.3 Å². The molecule has 23 heavy (non-hydrogen) atoms. The summed E-state index contributed by atoms with van der Waals surface area (Å²) in [6, 6.07) is 15.6. The van der Waals surface area contributed by atoms with Gasteiger partial charge in [-0.1, -0.05) is 49.2 Å². The van der Waals surface area contributed by atoms with Crippen molar-refractivity contribution in [3.63, 3.8) is 0 Å². The largest absolute Gasteiger partial charge is 0.366 e. The standard InChI is InChI=1S/C19H19ClN2O/c1-2-5-16-10-13-8-9-14(19(21)23)11-18(13)22(16)12-15-6-3-4-7-17(15)20/h3-4,6-11H,2,5,12H2,1H3,(H2,21,23). The van der Waals surface area contributed by atoms with Crippen LogP contribution in [-0.2, 0) is 13.0 Å². The minimum absolute atomic E-state index is 0.408. The second-order valence-electron chi connectivity index (χ2n) is 5.70. The van der Waals surface area contributed by atoms with Crippen LogP contribution in [0.25, 0.3) is 10.9 Å². The summed E-state index contributed by atoms with van der Waals surface area (Å²) in [5.74, 6) is -0.408. The number of nitrogens with zero attached hydrogens (tertiary/aromatic N) is 1. The lowest BCUT2D eigenvalue weighted by molar-refractivity contribution is 0.100. The summed E-state index contributed by atoms with van der Waals surface area (Å²) in [4.78, 5) is 11.5. The first-order chi connectivity index (χ1) is 11.1. The highest BCUT2D eigenvalue weighted by atomic mass is 35.5. The van der Waals surface area contributed by atoms with Gasteiger partial charge in [-0.25, -0.2) is 0 Å². The van der Waals surface area contributed by atoms with Gasteiger partial charge in [0.2, 0.25) is 5.91 Å². The number of primary amides is 1. The second kappa shape index (κ2) is 6.47. The van der Waals surface area contributed by atoms with E-state index in [9.17, 15) is 4.79 Å². The normalized spacial score (nSPS) is 11.0. The Morgan fingerprint density at radius 1 is 1.17 bits per heavy atom. The van der Waals surface area contributed by atoms with Gasteiger partial charge >= 0.3 is 0 Å². The van der Waals surface area contributed by atoms with E-state index in [1.807, 2.05) is 36.4 Å². The number of aryl methyl sites for hydroxylation is 1. The summed E-state index contributed by atoms with van der Waals surface area (Å²) < 4.78 is 2.23. The van der Waals surface area contributed by atoms with Crippen molar-refractivity contribution in [1.82, 2.24) is 4.57 Å². The highest BCUT2D eigenvalue weighted by Crippen LogP contribution is 2.25. The number of rotatable bonds is 5. The van der Waals surface area contributed by atoms with Gasteiger partial charge in [0.1, 0.15) is 0 Å². The maximum atomic E-state index is 11.5.